The largest absolute Gasteiger partial charge is 0.492 e. The van der Waals surface area contributed by atoms with Crippen LogP contribution in [0.4, 0.5) is 4.79 Å². The number of amides is 1. The molecule has 138 valence electrons. The van der Waals surface area contributed by atoms with Crippen molar-refractivity contribution in [1.82, 2.24) is 4.90 Å². The minimum absolute atomic E-state index is 0.289. The molecule has 7 heteroatoms. The molecule has 1 amide bonds. The maximum Gasteiger partial charge on any atom is 0.407 e. The van der Waals surface area contributed by atoms with E-state index in [1.54, 1.807) is 32.9 Å². The number of hydrogen-bond acceptors (Lipinski definition) is 4. The van der Waals surface area contributed by atoms with E-state index in [2.05, 4.69) is 0 Å². The van der Waals surface area contributed by atoms with Crippen molar-refractivity contribution < 1.29 is 24.2 Å². The van der Waals surface area contributed by atoms with Crippen molar-refractivity contribution in [3.8, 4) is 5.75 Å². The molecule has 6 nitrogen and oxygen atoms in total. The van der Waals surface area contributed by atoms with Gasteiger partial charge in [-0.15, -0.1) is 0 Å². The molecule has 0 spiro atoms. The third-order valence-electron chi connectivity index (χ3n) is 3.93. The Labute approximate surface area is 152 Å². The number of carbonyl (C=O) groups excluding carboxylic acids is 1. The summed E-state index contributed by atoms with van der Waals surface area (Å²) in [7, 11) is 0. The summed E-state index contributed by atoms with van der Waals surface area (Å²) in [4.78, 5) is 24.4. The van der Waals surface area contributed by atoms with Crippen LogP contribution in [0.25, 0.3) is 0 Å². The molecule has 1 aromatic rings. The van der Waals surface area contributed by atoms with Gasteiger partial charge in [-0.1, -0.05) is 11.6 Å². The van der Waals surface area contributed by atoms with Gasteiger partial charge in [-0.25, -0.2) is 9.59 Å². The predicted octanol–water partition coefficient (Wildman–Crippen LogP) is 4.06. The number of halogens is 1. The molecule has 1 N–H and O–H groups in total. The molecule has 2 rings (SSSR count). The maximum atomic E-state index is 12.0. The molecule has 0 unspecified atom stereocenters. The van der Waals surface area contributed by atoms with Crippen molar-refractivity contribution >= 4 is 23.7 Å². The van der Waals surface area contributed by atoms with Crippen LogP contribution in [0.1, 0.15) is 44.0 Å². The molecule has 0 radical (unpaired) electrons. The summed E-state index contributed by atoms with van der Waals surface area (Å²) in [5.41, 5.74) is -0.189. The first-order chi connectivity index (χ1) is 11.7. The Balaban J connectivity index is 1.89. The van der Waals surface area contributed by atoms with Crippen LogP contribution in [-0.4, -0.2) is 47.4 Å². The van der Waals surface area contributed by atoms with E-state index in [1.807, 2.05) is 0 Å². The van der Waals surface area contributed by atoms with E-state index in [4.69, 9.17) is 26.2 Å². The number of benzene rings is 1. The quantitative estimate of drug-likeness (QED) is 0.810. The number of ether oxygens (including phenoxy) is 2. The summed E-state index contributed by atoms with van der Waals surface area (Å²) in [6.07, 6.45) is 0.653. The van der Waals surface area contributed by atoms with Crippen LogP contribution in [0.15, 0.2) is 18.2 Å². The average Bonchev–Trinajstić information content (AvgIpc) is 2.52. The molecular weight excluding hydrogens is 346 g/mol. The third-order valence-corrected chi connectivity index (χ3v) is 4.22. The Morgan fingerprint density at radius 3 is 2.44 bits per heavy atom. The van der Waals surface area contributed by atoms with Crippen molar-refractivity contribution in [2.24, 2.45) is 5.92 Å². The van der Waals surface area contributed by atoms with E-state index in [-0.39, 0.29) is 5.92 Å². The number of esters is 1. The number of piperidine rings is 1. The van der Waals surface area contributed by atoms with Crippen LogP contribution in [-0.2, 0) is 4.74 Å². The standard InChI is InChI=1S/C18H24ClNO5/c1-18(2,3)25-16(21)13-4-5-15(14(19)10-13)24-11-12-6-8-20(9-7-12)17(22)23/h4-5,10,12H,6-9,11H2,1-3H3,(H,22,23). The zero-order chi connectivity index (χ0) is 18.6. The van der Waals surface area contributed by atoms with Crippen LogP contribution in [0.3, 0.4) is 0 Å². The van der Waals surface area contributed by atoms with Gasteiger partial charge >= 0.3 is 12.1 Å². The fraction of sp³-hybridized carbons (Fsp3) is 0.556. The summed E-state index contributed by atoms with van der Waals surface area (Å²) < 4.78 is 11.1. The predicted molar refractivity (Wildman–Crippen MR) is 94.4 cm³/mol. The van der Waals surface area contributed by atoms with E-state index < -0.39 is 17.7 Å². The van der Waals surface area contributed by atoms with Crippen LogP contribution in [0.5, 0.6) is 5.75 Å². The van der Waals surface area contributed by atoms with Crippen molar-refractivity contribution in [2.45, 2.75) is 39.2 Å². The first-order valence-electron chi connectivity index (χ1n) is 8.29. The minimum Gasteiger partial charge on any atom is -0.492 e. The maximum absolute atomic E-state index is 12.0. The minimum atomic E-state index is -0.875. The number of rotatable bonds is 4. The number of hydrogen-bond donors (Lipinski definition) is 1. The second-order valence-electron chi connectivity index (χ2n) is 7.17. The molecule has 1 heterocycles. The summed E-state index contributed by atoms with van der Waals surface area (Å²) in [6, 6.07) is 4.83. The fourth-order valence-corrected chi connectivity index (χ4v) is 2.82. The molecule has 1 aromatic carbocycles. The summed E-state index contributed by atoms with van der Waals surface area (Å²) in [6.45, 7) is 6.93. The summed E-state index contributed by atoms with van der Waals surface area (Å²) >= 11 is 6.21. The van der Waals surface area contributed by atoms with Gasteiger partial charge in [0.2, 0.25) is 0 Å². The SMILES string of the molecule is CC(C)(C)OC(=O)c1ccc(OCC2CCN(C(=O)O)CC2)c(Cl)c1. The second kappa shape index (κ2) is 7.95. The zero-order valence-electron chi connectivity index (χ0n) is 14.8. The third kappa shape index (κ3) is 5.81. The Morgan fingerprint density at radius 1 is 1.28 bits per heavy atom. The van der Waals surface area contributed by atoms with Gasteiger partial charge in [0.15, 0.2) is 0 Å². The smallest absolute Gasteiger partial charge is 0.407 e. The van der Waals surface area contributed by atoms with Gasteiger partial charge in [0.25, 0.3) is 0 Å². The molecule has 1 saturated heterocycles. The van der Waals surface area contributed by atoms with Crippen molar-refractivity contribution in [3.05, 3.63) is 28.8 Å². The van der Waals surface area contributed by atoms with Crippen LogP contribution < -0.4 is 4.74 Å². The van der Waals surface area contributed by atoms with Crippen LogP contribution in [0.2, 0.25) is 5.02 Å². The Bertz CT molecular complexity index is 633. The van der Waals surface area contributed by atoms with Gasteiger partial charge in [-0.05, 0) is 57.7 Å². The van der Waals surface area contributed by atoms with Gasteiger partial charge < -0.3 is 19.5 Å². The summed E-state index contributed by atoms with van der Waals surface area (Å²) in [5, 5.41) is 9.30. The van der Waals surface area contributed by atoms with E-state index in [0.29, 0.717) is 36.0 Å². The lowest BCUT2D eigenvalue weighted by Crippen LogP contribution is -2.38. The molecule has 1 aliphatic rings. The second-order valence-corrected chi connectivity index (χ2v) is 7.58. The van der Waals surface area contributed by atoms with Crippen LogP contribution in [0, 0.1) is 5.92 Å². The Kier molecular flexibility index (Phi) is 6.16. The normalized spacial score (nSPS) is 15.8. The van der Waals surface area contributed by atoms with Crippen molar-refractivity contribution in [1.29, 1.82) is 0 Å². The van der Waals surface area contributed by atoms with Crippen molar-refractivity contribution in [2.75, 3.05) is 19.7 Å². The molecule has 0 saturated carbocycles. The molecule has 0 atom stereocenters. The highest BCUT2D eigenvalue weighted by molar-refractivity contribution is 6.32. The van der Waals surface area contributed by atoms with E-state index in [0.717, 1.165) is 12.8 Å². The van der Waals surface area contributed by atoms with E-state index in [1.165, 1.54) is 11.0 Å². The highest BCUT2D eigenvalue weighted by Gasteiger charge is 2.23. The highest BCUT2D eigenvalue weighted by Crippen LogP contribution is 2.28. The lowest BCUT2D eigenvalue weighted by Gasteiger charge is -2.29. The van der Waals surface area contributed by atoms with Crippen molar-refractivity contribution in [3.63, 3.8) is 0 Å². The average molecular weight is 370 g/mol. The number of carbonyl (C=O) groups is 2. The first kappa shape index (κ1) is 19.4. The van der Waals surface area contributed by atoms with E-state index in [9.17, 15) is 9.59 Å². The van der Waals surface area contributed by atoms with Gasteiger partial charge in [-0.2, -0.15) is 0 Å². The molecule has 1 aliphatic heterocycles. The lowest BCUT2D eigenvalue weighted by atomic mass is 9.98. The monoisotopic (exact) mass is 369 g/mol. The number of nitrogens with zero attached hydrogens (tertiary/aromatic N) is 1. The molecule has 0 aromatic heterocycles. The van der Waals surface area contributed by atoms with Gasteiger partial charge in [0.1, 0.15) is 11.4 Å². The van der Waals surface area contributed by atoms with Gasteiger partial charge in [0.05, 0.1) is 17.2 Å². The molecular formula is C18H24ClNO5. The molecule has 25 heavy (non-hydrogen) atoms. The Hall–Kier alpha value is -1.95. The molecule has 0 bridgehead atoms. The van der Waals surface area contributed by atoms with Crippen LogP contribution >= 0.6 is 11.6 Å². The fourth-order valence-electron chi connectivity index (χ4n) is 2.58. The first-order valence-corrected chi connectivity index (χ1v) is 8.67. The van der Waals surface area contributed by atoms with Gasteiger partial charge in [0, 0.05) is 13.1 Å². The number of carboxylic acid groups (broad SMARTS) is 1. The van der Waals surface area contributed by atoms with Gasteiger partial charge in [-0.3, -0.25) is 0 Å². The Morgan fingerprint density at radius 2 is 1.92 bits per heavy atom. The molecule has 1 fully saturated rings. The lowest BCUT2D eigenvalue weighted by molar-refractivity contribution is 0.00693. The number of likely N-dealkylation sites (tertiary alicyclic amines) is 1. The van der Waals surface area contributed by atoms with E-state index >= 15 is 0 Å². The zero-order valence-corrected chi connectivity index (χ0v) is 15.5. The highest BCUT2D eigenvalue weighted by atomic mass is 35.5. The topological polar surface area (TPSA) is 76.1 Å². The molecule has 0 aliphatic carbocycles. The summed E-state index contributed by atoms with van der Waals surface area (Å²) in [5.74, 6) is 0.369.